The largest absolute Gasteiger partial charge is 0.480 e. The third-order valence-corrected chi connectivity index (χ3v) is 5.92. The molecule has 0 aromatic heterocycles. The Bertz CT molecular complexity index is 947. The van der Waals surface area contributed by atoms with E-state index in [0.717, 1.165) is 11.4 Å². The highest BCUT2D eigenvalue weighted by atomic mass is 16.5. The fourth-order valence-corrected chi connectivity index (χ4v) is 3.91. The molecule has 1 aromatic carbocycles. The highest BCUT2D eigenvalue weighted by Gasteiger charge is 2.27. The molecule has 36 heavy (non-hydrogen) atoms. The fourth-order valence-electron chi connectivity index (χ4n) is 3.91. The van der Waals surface area contributed by atoms with Gasteiger partial charge in [-0.2, -0.15) is 0 Å². The molecule has 1 aromatic rings. The van der Waals surface area contributed by atoms with Crippen LogP contribution in [0.5, 0.6) is 0 Å². The molecule has 0 aliphatic carbocycles. The van der Waals surface area contributed by atoms with E-state index in [1.54, 1.807) is 0 Å². The number of carbonyl (C=O) groups excluding carboxylic acids is 2. The number of nitrogens with zero attached hydrogens (tertiary/aromatic N) is 2. The van der Waals surface area contributed by atoms with E-state index in [4.69, 9.17) is 4.74 Å². The van der Waals surface area contributed by atoms with Gasteiger partial charge in [0.1, 0.15) is 6.04 Å². The van der Waals surface area contributed by atoms with Gasteiger partial charge in [-0.1, -0.05) is 19.9 Å². The van der Waals surface area contributed by atoms with E-state index < -0.39 is 24.2 Å². The van der Waals surface area contributed by atoms with Gasteiger partial charge < -0.3 is 41.1 Å². The van der Waals surface area contributed by atoms with E-state index in [9.17, 15) is 24.6 Å². The number of carboxylic acid groups (broad SMARTS) is 1. The number of ether oxygens (including phenoxy) is 1. The summed E-state index contributed by atoms with van der Waals surface area (Å²) in [5.74, 6) is -0.961. The quantitative estimate of drug-likeness (QED) is 0.282. The summed E-state index contributed by atoms with van der Waals surface area (Å²) in [6.07, 6.45) is -0.0497. The number of amides is 2. The van der Waals surface area contributed by atoms with Gasteiger partial charge in [-0.25, -0.2) is 9.59 Å². The van der Waals surface area contributed by atoms with Crippen molar-refractivity contribution < 1.29 is 29.3 Å². The number of hydrogen-bond donors (Lipinski definition) is 6. The summed E-state index contributed by atoms with van der Waals surface area (Å²) in [6, 6.07) is 6.63. The van der Waals surface area contributed by atoms with Crippen LogP contribution >= 0.6 is 0 Å². The van der Waals surface area contributed by atoms with Gasteiger partial charge in [-0.15, -0.1) is 0 Å². The smallest absolute Gasteiger partial charge is 0.407 e. The third-order valence-electron chi connectivity index (χ3n) is 5.92. The first kappa shape index (κ1) is 27.1. The molecule has 1 fully saturated rings. The molecule has 3 rings (SSSR count). The molecule has 12 heteroatoms. The summed E-state index contributed by atoms with van der Waals surface area (Å²) in [5.41, 5.74) is 1.89. The first-order chi connectivity index (χ1) is 17.2. The number of aliphatic carboxylic acids is 1. The molecule has 0 radical (unpaired) electrons. The van der Waals surface area contributed by atoms with E-state index in [1.165, 1.54) is 0 Å². The number of nitrogens with one attached hydrogen (secondary N) is 4. The zero-order valence-corrected chi connectivity index (χ0v) is 20.7. The van der Waals surface area contributed by atoms with E-state index in [2.05, 4.69) is 31.2 Å². The average molecular weight is 505 g/mol. The second-order valence-electron chi connectivity index (χ2n) is 9.43. The molecule has 2 aliphatic rings. The lowest BCUT2D eigenvalue weighted by Crippen LogP contribution is -2.50. The molecular formula is C24H36N6O6. The van der Waals surface area contributed by atoms with Gasteiger partial charge in [0.25, 0.3) is 0 Å². The fraction of sp³-hybridized carbons (Fsp3) is 0.583. The lowest BCUT2D eigenvalue weighted by molar-refractivity contribution is -0.139. The van der Waals surface area contributed by atoms with Crippen molar-refractivity contribution in [2.75, 3.05) is 49.5 Å². The van der Waals surface area contributed by atoms with Crippen LogP contribution in [0.4, 0.5) is 16.2 Å². The van der Waals surface area contributed by atoms with E-state index in [-0.39, 0.29) is 30.9 Å². The number of guanidine groups is 1. The number of carboxylic acids is 1. The molecule has 12 nitrogen and oxygen atoms in total. The van der Waals surface area contributed by atoms with E-state index in [0.29, 0.717) is 45.0 Å². The monoisotopic (exact) mass is 504 g/mol. The molecule has 0 saturated carbocycles. The molecule has 2 heterocycles. The number of aliphatic imine (C=N–C) groups is 1. The highest BCUT2D eigenvalue weighted by Crippen LogP contribution is 2.25. The van der Waals surface area contributed by atoms with Crippen LogP contribution in [0.1, 0.15) is 26.7 Å². The maximum Gasteiger partial charge on any atom is 0.407 e. The molecule has 2 aliphatic heterocycles. The minimum Gasteiger partial charge on any atom is -0.480 e. The van der Waals surface area contributed by atoms with Crippen molar-refractivity contribution in [1.29, 1.82) is 0 Å². The molecule has 2 atom stereocenters. The van der Waals surface area contributed by atoms with Gasteiger partial charge in [0.15, 0.2) is 5.96 Å². The molecule has 0 spiro atoms. The minimum atomic E-state index is -1.27. The second kappa shape index (κ2) is 13.0. The average Bonchev–Trinajstić information content (AvgIpc) is 2.86. The number of β-amino-alcohol motifs (C(OH)–C–C–N with tert-alkyl or cyclic N) is 1. The molecule has 198 valence electrons. The number of anilines is 2. The lowest BCUT2D eigenvalue weighted by atomic mass is 9.95. The van der Waals surface area contributed by atoms with Crippen LogP contribution in [0.3, 0.4) is 0 Å². The van der Waals surface area contributed by atoms with Crippen molar-refractivity contribution in [2.24, 2.45) is 16.8 Å². The number of benzene rings is 1. The predicted molar refractivity (Wildman–Crippen MR) is 135 cm³/mol. The Balaban J connectivity index is 1.45. The molecule has 2 amide bonds. The summed E-state index contributed by atoms with van der Waals surface area (Å²) in [6.45, 7) is 5.87. The summed E-state index contributed by atoms with van der Waals surface area (Å²) in [5, 5.41) is 30.1. The maximum atomic E-state index is 12.7. The summed E-state index contributed by atoms with van der Waals surface area (Å²) < 4.78 is 4.96. The summed E-state index contributed by atoms with van der Waals surface area (Å²) in [4.78, 5) is 42.4. The summed E-state index contributed by atoms with van der Waals surface area (Å²) >= 11 is 0. The number of alkyl carbamates (subject to hydrolysis) is 1. The van der Waals surface area contributed by atoms with Crippen LogP contribution in [-0.2, 0) is 14.3 Å². The van der Waals surface area contributed by atoms with Crippen LogP contribution in [-0.4, -0.2) is 85.6 Å². The number of carbonyl (C=O) groups is 3. The van der Waals surface area contributed by atoms with Crippen molar-refractivity contribution in [1.82, 2.24) is 16.0 Å². The Morgan fingerprint density at radius 1 is 1.25 bits per heavy atom. The van der Waals surface area contributed by atoms with E-state index in [1.807, 2.05) is 38.1 Å². The van der Waals surface area contributed by atoms with Crippen LogP contribution in [0.2, 0.25) is 0 Å². The van der Waals surface area contributed by atoms with Gasteiger partial charge in [-0.05, 0) is 37.0 Å². The predicted octanol–water partition coefficient (Wildman–Crippen LogP) is 0.587. The number of aliphatic hydroxyl groups excluding tert-OH is 1. The van der Waals surface area contributed by atoms with Crippen molar-refractivity contribution in [2.45, 2.75) is 38.8 Å². The standard InChI is InChI=1S/C24H36N6O6/c1-15(2)14-36-24(35)29-20(22(33)34)13-25-21(32)16-6-8-30(9-7-16)18-5-3-4-17(10-18)28-23-26-11-19(31)12-27-23/h3-5,10,15-16,19-20,31H,6-9,11-14H2,1-2H3,(H,25,32)(H,29,35)(H,33,34)(H2,26,27,28)/t20-/m0/s1. The lowest BCUT2D eigenvalue weighted by Gasteiger charge is -2.33. The molecule has 1 unspecified atom stereocenters. The Morgan fingerprint density at radius 3 is 2.64 bits per heavy atom. The minimum absolute atomic E-state index is 0.127. The third kappa shape index (κ3) is 8.29. The first-order valence-corrected chi connectivity index (χ1v) is 12.2. The van der Waals surface area contributed by atoms with Gasteiger partial charge in [0.2, 0.25) is 5.91 Å². The number of piperidine rings is 1. The topological polar surface area (TPSA) is 165 Å². The molecule has 1 saturated heterocycles. The molecule has 0 bridgehead atoms. The molecule has 6 N–H and O–H groups in total. The normalized spacial score (nSPS) is 19.1. The number of hydrogen-bond acceptors (Lipinski definition) is 9. The Kier molecular flexibility index (Phi) is 9.74. The van der Waals surface area contributed by atoms with Crippen molar-refractivity contribution in [3.05, 3.63) is 24.3 Å². The highest BCUT2D eigenvalue weighted by molar-refractivity contribution is 5.94. The van der Waals surface area contributed by atoms with Crippen molar-refractivity contribution in [3.63, 3.8) is 0 Å². The Morgan fingerprint density at radius 2 is 2.00 bits per heavy atom. The SMILES string of the molecule is CC(C)COC(=O)N[C@@H](CNC(=O)C1CCN(c2cccc(NC3=NCC(O)CN3)c2)CC1)C(=O)O. The molecular weight excluding hydrogens is 468 g/mol. The van der Waals surface area contributed by atoms with E-state index >= 15 is 0 Å². The van der Waals surface area contributed by atoms with Gasteiger partial charge in [-0.3, -0.25) is 9.79 Å². The zero-order chi connectivity index (χ0) is 26.1. The maximum absolute atomic E-state index is 12.7. The number of aliphatic hydroxyl groups is 1. The van der Waals surface area contributed by atoms with Gasteiger partial charge >= 0.3 is 12.1 Å². The van der Waals surface area contributed by atoms with Crippen LogP contribution in [0.25, 0.3) is 0 Å². The van der Waals surface area contributed by atoms with Crippen molar-refractivity contribution in [3.8, 4) is 0 Å². The van der Waals surface area contributed by atoms with Gasteiger partial charge in [0, 0.05) is 43.5 Å². The van der Waals surface area contributed by atoms with Crippen LogP contribution < -0.4 is 26.2 Å². The Labute approximate surface area is 210 Å². The number of rotatable bonds is 9. The van der Waals surface area contributed by atoms with Crippen LogP contribution in [0, 0.1) is 11.8 Å². The first-order valence-electron chi connectivity index (χ1n) is 12.2. The second-order valence-corrected chi connectivity index (χ2v) is 9.43. The zero-order valence-electron chi connectivity index (χ0n) is 20.7. The summed E-state index contributed by atoms with van der Waals surface area (Å²) in [7, 11) is 0. The van der Waals surface area contributed by atoms with Crippen LogP contribution in [0.15, 0.2) is 29.3 Å². The van der Waals surface area contributed by atoms with Crippen molar-refractivity contribution >= 4 is 35.3 Å². The Hall–Kier alpha value is -3.54. The van der Waals surface area contributed by atoms with Gasteiger partial charge in [0.05, 0.1) is 19.3 Å².